The smallest absolute Gasteiger partial charge is 0.462 e. The number of esters is 1. The molecule has 85 valence electrons. The van der Waals surface area contributed by atoms with E-state index in [0.29, 0.717) is 6.42 Å². The van der Waals surface area contributed by atoms with Crippen LogP contribution in [0.2, 0.25) is 0 Å². The van der Waals surface area contributed by atoms with Crippen LogP contribution in [0, 0.1) is 0 Å². The molecule has 0 bridgehead atoms. The van der Waals surface area contributed by atoms with Gasteiger partial charge in [0.05, 0.1) is 6.61 Å². The molecule has 0 fully saturated rings. The van der Waals surface area contributed by atoms with Crippen LogP contribution >= 0.6 is 0 Å². The molecule has 1 rings (SSSR count). The lowest BCUT2D eigenvalue weighted by atomic mass is 10.2. The van der Waals surface area contributed by atoms with Crippen LogP contribution in [0.15, 0.2) is 24.3 Å². The molecule has 16 heavy (non-hydrogen) atoms. The van der Waals surface area contributed by atoms with Crippen LogP contribution in [-0.4, -0.2) is 18.7 Å². The normalized spacial score (nSPS) is 9.56. The topological polar surface area (TPSA) is 72.5 Å². The van der Waals surface area contributed by atoms with E-state index in [1.54, 1.807) is 12.1 Å². The first-order valence-electron chi connectivity index (χ1n) is 4.80. The summed E-state index contributed by atoms with van der Waals surface area (Å²) >= 11 is 0. The zero-order chi connectivity index (χ0) is 12.0. The summed E-state index contributed by atoms with van der Waals surface area (Å²) in [6, 6.07) is 5.92. The summed E-state index contributed by atoms with van der Waals surface area (Å²) in [4.78, 5) is 21.8. The van der Waals surface area contributed by atoms with E-state index in [0.717, 1.165) is 0 Å². The van der Waals surface area contributed by atoms with E-state index in [2.05, 4.69) is 4.74 Å². The molecular weight excluding hydrogens is 212 g/mol. The third-order valence-corrected chi connectivity index (χ3v) is 1.74. The molecule has 1 aromatic rings. The lowest BCUT2D eigenvalue weighted by Gasteiger charge is -2.06. The van der Waals surface area contributed by atoms with Crippen LogP contribution in [0.4, 0.5) is 4.79 Å². The molecule has 0 heterocycles. The van der Waals surface area contributed by atoms with E-state index < -0.39 is 12.1 Å². The molecule has 0 spiro atoms. The Labute approximate surface area is 92.6 Å². The van der Waals surface area contributed by atoms with E-state index in [1.807, 2.05) is 6.92 Å². The molecule has 0 saturated carbocycles. The van der Waals surface area contributed by atoms with Crippen LogP contribution in [-0.2, 0) is 9.84 Å². The van der Waals surface area contributed by atoms with Gasteiger partial charge in [-0.05, 0) is 18.6 Å². The van der Waals surface area contributed by atoms with Crippen molar-refractivity contribution in [2.75, 3.05) is 6.61 Å². The van der Waals surface area contributed by atoms with Gasteiger partial charge in [-0.1, -0.05) is 19.1 Å². The highest BCUT2D eigenvalue weighted by Gasteiger charge is 2.15. The molecule has 5 nitrogen and oxygen atoms in total. The van der Waals surface area contributed by atoms with Crippen molar-refractivity contribution >= 4 is 12.1 Å². The summed E-state index contributed by atoms with van der Waals surface area (Å²) in [5.74, 6) is -0.692. The summed E-state index contributed by atoms with van der Waals surface area (Å²) < 4.78 is 9.22. The van der Waals surface area contributed by atoms with E-state index in [1.165, 1.54) is 12.1 Å². The summed E-state index contributed by atoms with van der Waals surface area (Å²) in [6.45, 7) is 2.13. The summed E-state index contributed by atoms with van der Waals surface area (Å²) in [6.07, 6.45) is -1.02. The molecule has 1 aromatic carbocycles. The quantitative estimate of drug-likeness (QED) is 0.579. The lowest BCUT2D eigenvalue weighted by Crippen LogP contribution is -2.10. The lowest BCUT2D eigenvalue weighted by molar-refractivity contribution is 0.0500. The average Bonchev–Trinajstić information content (AvgIpc) is 2.26. The molecule has 0 aliphatic rings. The third kappa shape index (κ3) is 3.27. The van der Waals surface area contributed by atoms with Gasteiger partial charge in [0.1, 0.15) is 11.3 Å². The number of rotatable bonds is 4. The fourth-order valence-electron chi connectivity index (χ4n) is 1.09. The van der Waals surface area contributed by atoms with E-state index in [-0.39, 0.29) is 17.9 Å². The molecular formula is C11H11O5. The maximum Gasteiger partial charge on any atom is 0.555 e. The first-order valence-corrected chi connectivity index (χ1v) is 4.80. The molecule has 0 unspecified atom stereocenters. The third-order valence-electron chi connectivity index (χ3n) is 1.74. The van der Waals surface area contributed by atoms with Gasteiger partial charge in [0, 0.05) is 0 Å². The fraction of sp³-hybridized carbons (Fsp3) is 0.273. The molecule has 0 aromatic heterocycles. The SMILES string of the molecule is CCCOC(=O)c1ccccc1OC([O])=O. The Morgan fingerprint density at radius 1 is 1.25 bits per heavy atom. The van der Waals surface area contributed by atoms with Crippen LogP contribution in [0.1, 0.15) is 23.7 Å². The van der Waals surface area contributed by atoms with Crippen molar-refractivity contribution in [3.05, 3.63) is 29.8 Å². The molecule has 0 aliphatic heterocycles. The molecule has 0 aliphatic carbocycles. The van der Waals surface area contributed by atoms with Crippen LogP contribution in [0.5, 0.6) is 5.75 Å². The second kappa shape index (κ2) is 5.75. The zero-order valence-corrected chi connectivity index (χ0v) is 8.76. The highest BCUT2D eigenvalue weighted by atomic mass is 16.7. The molecule has 0 saturated heterocycles. The minimum Gasteiger partial charge on any atom is -0.462 e. The zero-order valence-electron chi connectivity index (χ0n) is 8.76. The fourth-order valence-corrected chi connectivity index (χ4v) is 1.09. The van der Waals surface area contributed by atoms with Crippen molar-refractivity contribution in [2.24, 2.45) is 0 Å². The van der Waals surface area contributed by atoms with Gasteiger partial charge in [-0.3, -0.25) is 0 Å². The molecule has 0 N–H and O–H groups in total. The van der Waals surface area contributed by atoms with Crippen molar-refractivity contribution in [3.63, 3.8) is 0 Å². The van der Waals surface area contributed by atoms with Crippen molar-refractivity contribution < 1.29 is 24.2 Å². The number of hydrogen-bond acceptors (Lipinski definition) is 4. The Morgan fingerprint density at radius 3 is 2.56 bits per heavy atom. The van der Waals surface area contributed by atoms with Gasteiger partial charge in [-0.2, -0.15) is 9.90 Å². The Bertz CT molecular complexity index is 386. The number of para-hydroxylation sites is 1. The standard InChI is InChI=1S/C11H11O5/c1-2-7-15-10(12)8-5-3-4-6-9(8)16-11(13)14/h3-6H,2,7H2,1H3. The largest absolute Gasteiger partial charge is 0.555 e. The van der Waals surface area contributed by atoms with Crippen LogP contribution < -0.4 is 4.74 Å². The van der Waals surface area contributed by atoms with Crippen molar-refractivity contribution in [2.45, 2.75) is 13.3 Å². The number of ether oxygens (including phenoxy) is 2. The predicted molar refractivity (Wildman–Crippen MR) is 53.7 cm³/mol. The van der Waals surface area contributed by atoms with E-state index >= 15 is 0 Å². The number of benzene rings is 1. The second-order valence-corrected chi connectivity index (χ2v) is 2.98. The Balaban J connectivity index is 2.85. The van der Waals surface area contributed by atoms with Gasteiger partial charge in [-0.25, -0.2) is 4.79 Å². The van der Waals surface area contributed by atoms with E-state index in [9.17, 15) is 14.7 Å². The molecule has 1 radical (unpaired) electrons. The van der Waals surface area contributed by atoms with Gasteiger partial charge >= 0.3 is 12.1 Å². The Hall–Kier alpha value is -2.04. The summed E-state index contributed by atoms with van der Waals surface area (Å²) in [5, 5.41) is 10.3. The van der Waals surface area contributed by atoms with Crippen molar-refractivity contribution in [1.29, 1.82) is 0 Å². The Morgan fingerprint density at radius 2 is 1.94 bits per heavy atom. The van der Waals surface area contributed by atoms with Gasteiger partial charge in [-0.15, -0.1) is 0 Å². The van der Waals surface area contributed by atoms with Crippen LogP contribution in [0.3, 0.4) is 0 Å². The maximum atomic E-state index is 11.5. The van der Waals surface area contributed by atoms with Crippen molar-refractivity contribution in [1.82, 2.24) is 0 Å². The minimum absolute atomic E-state index is 0.0696. The highest BCUT2D eigenvalue weighted by molar-refractivity contribution is 5.93. The van der Waals surface area contributed by atoms with Crippen molar-refractivity contribution in [3.8, 4) is 5.75 Å². The summed E-state index contributed by atoms with van der Waals surface area (Å²) in [7, 11) is 0. The van der Waals surface area contributed by atoms with Gasteiger partial charge in [0.15, 0.2) is 0 Å². The minimum atomic E-state index is -1.71. The van der Waals surface area contributed by atoms with Gasteiger partial charge in [0.25, 0.3) is 0 Å². The Kier molecular flexibility index (Phi) is 4.32. The van der Waals surface area contributed by atoms with Crippen LogP contribution in [0.25, 0.3) is 0 Å². The molecule has 0 amide bonds. The maximum absolute atomic E-state index is 11.5. The van der Waals surface area contributed by atoms with Gasteiger partial charge < -0.3 is 9.47 Å². The predicted octanol–water partition coefficient (Wildman–Crippen LogP) is 2.18. The number of hydrogen-bond donors (Lipinski definition) is 0. The number of carbonyl (C=O) groups excluding carboxylic acids is 2. The highest BCUT2D eigenvalue weighted by Crippen LogP contribution is 2.19. The monoisotopic (exact) mass is 223 g/mol. The first-order chi connectivity index (χ1) is 7.65. The van der Waals surface area contributed by atoms with E-state index in [4.69, 9.17) is 4.74 Å². The first kappa shape index (κ1) is 12.0. The average molecular weight is 223 g/mol. The second-order valence-electron chi connectivity index (χ2n) is 2.98. The molecule has 5 heteroatoms. The summed E-state index contributed by atoms with van der Waals surface area (Å²) in [5.41, 5.74) is 0.0696. The molecule has 0 atom stereocenters. The number of carbonyl (C=O) groups is 2. The van der Waals surface area contributed by atoms with Gasteiger partial charge in [0.2, 0.25) is 0 Å².